The Bertz CT molecular complexity index is 1090. The summed E-state index contributed by atoms with van der Waals surface area (Å²) in [6.07, 6.45) is 3.54. The fourth-order valence-electron chi connectivity index (χ4n) is 3.17. The van der Waals surface area contributed by atoms with E-state index in [9.17, 15) is 4.79 Å². The van der Waals surface area contributed by atoms with E-state index in [0.29, 0.717) is 26.2 Å². The molecule has 2 aromatic carbocycles. The Morgan fingerprint density at radius 2 is 1.76 bits per heavy atom. The molecule has 0 aliphatic carbocycles. The Hall–Kier alpha value is -3.07. The van der Waals surface area contributed by atoms with E-state index in [1.807, 2.05) is 49.4 Å². The highest BCUT2D eigenvalue weighted by molar-refractivity contribution is 14.0. The molecule has 0 aliphatic rings. The van der Waals surface area contributed by atoms with Crippen molar-refractivity contribution in [2.75, 3.05) is 13.2 Å². The van der Waals surface area contributed by atoms with E-state index in [4.69, 9.17) is 9.73 Å². The third-order valence-electron chi connectivity index (χ3n) is 4.81. The molecular formula is C26H31IN4O2. The van der Waals surface area contributed by atoms with Crippen LogP contribution in [0.3, 0.4) is 0 Å². The number of hydrogen-bond donors (Lipinski definition) is 2. The van der Waals surface area contributed by atoms with E-state index in [1.165, 1.54) is 0 Å². The summed E-state index contributed by atoms with van der Waals surface area (Å²) in [5.41, 5.74) is 3.23. The lowest BCUT2D eigenvalue weighted by Crippen LogP contribution is -2.36. The molecule has 0 saturated carbocycles. The number of aliphatic imine (C=N–C) groups is 1. The average molecular weight is 558 g/mol. The van der Waals surface area contributed by atoms with Gasteiger partial charge in [0, 0.05) is 30.9 Å². The number of ether oxygens (including phenoxy) is 1. The summed E-state index contributed by atoms with van der Waals surface area (Å²) >= 11 is 0. The fraction of sp³-hybridized carbons (Fsp3) is 0.231. The molecule has 0 aliphatic heterocycles. The van der Waals surface area contributed by atoms with Crippen LogP contribution in [0, 0.1) is 0 Å². The first kappa shape index (κ1) is 26.2. The van der Waals surface area contributed by atoms with Gasteiger partial charge in [-0.1, -0.05) is 61.2 Å². The van der Waals surface area contributed by atoms with Crippen molar-refractivity contribution >= 4 is 29.9 Å². The minimum absolute atomic E-state index is 0. The van der Waals surface area contributed by atoms with Crippen LogP contribution in [0.1, 0.15) is 23.6 Å². The number of benzene rings is 2. The molecule has 33 heavy (non-hydrogen) atoms. The van der Waals surface area contributed by atoms with Crippen LogP contribution in [0.15, 0.2) is 95.4 Å². The Balaban J connectivity index is 0.00000385. The highest BCUT2D eigenvalue weighted by atomic mass is 127. The van der Waals surface area contributed by atoms with Gasteiger partial charge in [-0.3, -0.25) is 4.79 Å². The van der Waals surface area contributed by atoms with E-state index in [1.54, 1.807) is 29.0 Å². The van der Waals surface area contributed by atoms with E-state index in [2.05, 4.69) is 29.3 Å². The molecule has 1 heterocycles. The maximum Gasteiger partial charge on any atom is 0.250 e. The monoisotopic (exact) mass is 558 g/mol. The molecule has 7 heteroatoms. The maximum absolute atomic E-state index is 11.9. The largest absolute Gasteiger partial charge is 0.489 e. The third-order valence-corrected chi connectivity index (χ3v) is 4.81. The van der Waals surface area contributed by atoms with Crippen LogP contribution in [0.25, 0.3) is 0 Å². The molecule has 0 saturated heterocycles. The predicted octanol–water partition coefficient (Wildman–Crippen LogP) is 4.33. The van der Waals surface area contributed by atoms with Crippen molar-refractivity contribution in [3.8, 4) is 5.75 Å². The average Bonchev–Trinajstić information content (AvgIpc) is 2.82. The molecule has 3 aromatic rings. The lowest BCUT2D eigenvalue weighted by molar-refractivity contribution is 0.358. The number of nitrogens with one attached hydrogen (secondary N) is 2. The summed E-state index contributed by atoms with van der Waals surface area (Å²) in [5, 5.41) is 6.65. The number of para-hydroxylation sites is 1. The van der Waals surface area contributed by atoms with Crippen molar-refractivity contribution in [3.05, 3.63) is 113 Å². The standard InChI is InChI=1S/C26H30N4O2.HI/c1-3-17-32-24-10-6-5-9-23(24)19-29-26(27-4-2)28-18-21-12-14-22(15-13-21)20-30-16-8-7-11-25(30)31;/h3,5-16H,1,4,17-20H2,2H3,(H2,27,28,29);1H. The fourth-order valence-corrected chi connectivity index (χ4v) is 3.17. The van der Waals surface area contributed by atoms with Crippen LogP contribution in [0.2, 0.25) is 0 Å². The van der Waals surface area contributed by atoms with Crippen LogP contribution < -0.4 is 20.9 Å². The highest BCUT2D eigenvalue weighted by Crippen LogP contribution is 2.17. The highest BCUT2D eigenvalue weighted by Gasteiger charge is 2.05. The van der Waals surface area contributed by atoms with E-state index < -0.39 is 0 Å². The minimum Gasteiger partial charge on any atom is -0.489 e. The van der Waals surface area contributed by atoms with Gasteiger partial charge in [0.2, 0.25) is 0 Å². The van der Waals surface area contributed by atoms with Gasteiger partial charge in [-0.15, -0.1) is 24.0 Å². The van der Waals surface area contributed by atoms with Gasteiger partial charge >= 0.3 is 0 Å². The zero-order valence-electron chi connectivity index (χ0n) is 18.9. The third kappa shape index (κ3) is 8.42. The molecule has 6 nitrogen and oxygen atoms in total. The van der Waals surface area contributed by atoms with Gasteiger partial charge in [-0.25, -0.2) is 4.99 Å². The molecule has 174 valence electrons. The number of nitrogens with zero attached hydrogens (tertiary/aromatic N) is 2. The minimum atomic E-state index is -0.000927. The zero-order valence-corrected chi connectivity index (χ0v) is 21.2. The summed E-state index contributed by atoms with van der Waals surface area (Å²) < 4.78 is 7.42. The maximum atomic E-state index is 11.9. The molecule has 0 fully saturated rings. The SMILES string of the molecule is C=CCOc1ccccc1CNC(=NCc1ccc(Cn2ccccc2=O)cc1)NCC.I. The molecule has 0 amide bonds. The molecule has 0 bridgehead atoms. The van der Waals surface area contributed by atoms with E-state index >= 15 is 0 Å². The van der Waals surface area contributed by atoms with Gasteiger partial charge in [-0.05, 0) is 30.2 Å². The number of halogens is 1. The predicted molar refractivity (Wildman–Crippen MR) is 145 cm³/mol. The van der Waals surface area contributed by atoms with Gasteiger partial charge in [-0.2, -0.15) is 0 Å². The van der Waals surface area contributed by atoms with Gasteiger partial charge < -0.3 is 19.9 Å². The lowest BCUT2D eigenvalue weighted by atomic mass is 10.1. The van der Waals surface area contributed by atoms with Crippen LogP contribution in [-0.2, 0) is 19.6 Å². The Morgan fingerprint density at radius 3 is 2.48 bits per heavy atom. The Morgan fingerprint density at radius 1 is 1.03 bits per heavy atom. The van der Waals surface area contributed by atoms with Gasteiger partial charge in [0.1, 0.15) is 12.4 Å². The number of guanidine groups is 1. The topological polar surface area (TPSA) is 67.6 Å². The van der Waals surface area contributed by atoms with Crippen molar-refractivity contribution in [3.63, 3.8) is 0 Å². The second kappa shape index (κ2) is 14.2. The summed E-state index contributed by atoms with van der Waals surface area (Å²) in [6.45, 7) is 8.69. The molecule has 2 N–H and O–H groups in total. The van der Waals surface area contributed by atoms with Crippen molar-refractivity contribution < 1.29 is 4.74 Å². The lowest BCUT2D eigenvalue weighted by Gasteiger charge is -2.14. The molecule has 0 radical (unpaired) electrons. The molecule has 0 spiro atoms. The van der Waals surface area contributed by atoms with Crippen LogP contribution in [-0.4, -0.2) is 23.7 Å². The smallest absolute Gasteiger partial charge is 0.250 e. The van der Waals surface area contributed by atoms with Crippen LogP contribution in [0.5, 0.6) is 5.75 Å². The van der Waals surface area contributed by atoms with Crippen molar-refractivity contribution in [1.29, 1.82) is 0 Å². The summed E-state index contributed by atoms with van der Waals surface area (Å²) in [7, 11) is 0. The molecule has 1 aromatic heterocycles. The second-order valence-corrected chi connectivity index (χ2v) is 7.24. The van der Waals surface area contributed by atoms with E-state index in [0.717, 1.165) is 34.9 Å². The summed E-state index contributed by atoms with van der Waals surface area (Å²) in [5.74, 6) is 1.58. The van der Waals surface area contributed by atoms with Gasteiger partial charge in [0.25, 0.3) is 5.56 Å². The Labute approximate surface area is 212 Å². The second-order valence-electron chi connectivity index (χ2n) is 7.24. The summed E-state index contributed by atoms with van der Waals surface area (Å²) in [6, 6.07) is 21.3. The van der Waals surface area contributed by atoms with Crippen molar-refractivity contribution in [2.45, 2.75) is 26.6 Å². The quantitative estimate of drug-likeness (QED) is 0.168. The number of aromatic nitrogens is 1. The molecule has 0 atom stereocenters. The van der Waals surface area contributed by atoms with Gasteiger partial charge in [0.15, 0.2) is 5.96 Å². The first-order valence-corrected chi connectivity index (χ1v) is 10.8. The number of hydrogen-bond acceptors (Lipinski definition) is 3. The van der Waals surface area contributed by atoms with E-state index in [-0.39, 0.29) is 29.5 Å². The number of pyridine rings is 1. The normalized spacial score (nSPS) is 10.8. The summed E-state index contributed by atoms with van der Waals surface area (Å²) in [4.78, 5) is 16.6. The van der Waals surface area contributed by atoms with Crippen molar-refractivity contribution in [1.82, 2.24) is 15.2 Å². The first-order chi connectivity index (χ1) is 15.7. The molecular weight excluding hydrogens is 527 g/mol. The Kier molecular flexibility index (Phi) is 11.2. The molecule has 3 rings (SSSR count). The van der Waals surface area contributed by atoms with Gasteiger partial charge in [0.05, 0.1) is 13.1 Å². The first-order valence-electron chi connectivity index (χ1n) is 10.8. The van der Waals surface area contributed by atoms with Crippen LogP contribution >= 0.6 is 24.0 Å². The van der Waals surface area contributed by atoms with Crippen LogP contribution in [0.4, 0.5) is 0 Å². The molecule has 0 unspecified atom stereocenters. The van der Waals surface area contributed by atoms with Crippen molar-refractivity contribution in [2.24, 2.45) is 4.99 Å². The number of rotatable bonds is 10. The zero-order chi connectivity index (χ0) is 22.6.